The Labute approximate surface area is 119 Å². The number of aliphatic hydroxyl groups excluding tert-OH is 1. The molecule has 2 aromatic rings. The Morgan fingerprint density at radius 1 is 1.40 bits per heavy atom. The van der Waals surface area contributed by atoms with Gasteiger partial charge >= 0.3 is 0 Å². The molecule has 3 rings (SSSR count). The first-order valence-corrected chi connectivity index (χ1v) is 7.23. The van der Waals surface area contributed by atoms with Crippen LogP contribution in [0.5, 0.6) is 0 Å². The van der Waals surface area contributed by atoms with Crippen LogP contribution >= 0.6 is 0 Å². The monoisotopic (exact) mass is 274 g/mol. The zero-order valence-corrected chi connectivity index (χ0v) is 12.4. The molecular formula is C15H22N4O. The lowest BCUT2D eigenvalue weighted by Gasteiger charge is -2.22. The molecule has 5 nitrogen and oxygen atoms in total. The molecule has 0 aliphatic heterocycles. The van der Waals surface area contributed by atoms with Crippen LogP contribution in [0.2, 0.25) is 0 Å². The Hall–Kier alpha value is -1.62. The zero-order chi connectivity index (χ0) is 14.3. The molecule has 20 heavy (non-hydrogen) atoms. The zero-order valence-electron chi connectivity index (χ0n) is 12.4. The molecule has 1 saturated carbocycles. The van der Waals surface area contributed by atoms with Gasteiger partial charge < -0.3 is 10.0 Å². The van der Waals surface area contributed by atoms with Crippen LogP contribution in [0.3, 0.4) is 0 Å². The van der Waals surface area contributed by atoms with Gasteiger partial charge in [0.05, 0.1) is 12.3 Å². The van der Waals surface area contributed by atoms with Gasteiger partial charge in [-0.2, -0.15) is 5.10 Å². The van der Waals surface area contributed by atoms with E-state index in [2.05, 4.69) is 41.8 Å². The van der Waals surface area contributed by atoms with E-state index in [1.54, 1.807) is 6.20 Å². The van der Waals surface area contributed by atoms with Crippen molar-refractivity contribution in [3.8, 4) is 0 Å². The van der Waals surface area contributed by atoms with Crippen molar-refractivity contribution in [3.63, 3.8) is 0 Å². The molecule has 0 aromatic carbocycles. The lowest BCUT2D eigenvalue weighted by molar-refractivity contribution is 0.301. The summed E-state index contributed by atoms with van der Waals surface area (Å²) < 4.78 is 1.90. The van der Waals surface area contributed by atoms with E-state index in [0.717, 1.165) is 17.0 Å². The van der Waals surface area contributed by atoms with Gasteiger partial charge in [0, 0.05) is 30.4 Å². The Morgan fingerprint density at radius 3 is 2.75 bits per heavy atom. The number of hydrogen-bond acceptors (Lipinski definition) is 4. The molecule has 1 N–H and O–H groups in total. The number of aromatic nitrogens is 3. The number of hydrogen-bond donors (Lipinski definition) is 1. The summed E-state index contributed by atoms with van der Waals surface area (Å²) in [7, 11) is 0. The standard InChI is InChI=1S/C15H22N4O/c1-15(2,3)13-10-12-14(16-6-7-19(12)17-13)18(8-9-20)11-4-5-11/h6-7,10-11,20H,4-5,8-9H2,1-3H3. The first-order valence-electron chi connectivity index (χ1n) is 7.23. The molecule has 1 aliphatic carbocycles. The van der Waals surface area contributed by atoms with Crippen LogP contribution in [0.25, 0.3) is 5.52 Å². The molecule has 5 heteroatoms. The van der Waals surface area contributed by atoms with E-state index in [1.807, 2.05) is 10.7 Å². The number of aliphatic hydroxyl groups is 1. The molecule has 1 aliphatic rings. The van der Waals surface area contributed by atoms with Gasteiger partial charge in [-0.15, -0.1) is 0 Å². The summed E-state index contributed by atoms with van der Waals surface area (Å²) in [5.41, 5.74) is 2.11. The van der Waals surface area contributed by atoms with Gasteiger partial charge in [0.25, 0.3) is 0 Å². The number of rotatable bonds is 4. The maximum absolute atomic E-state index is 9.29. The first-order chi connectivity index (χ1) is 9.50. The normalized spacial score (nSPS) is 15.8. The fraction of sp³-hybridized carbons (Fsp3) is 0.600. The molecule has 0 spiro atoms. The fourth-order valence-electron chi connectivity index (χ4n) is 2.45. The molecule has 0 amide bonds. The number of anilines is 1. The Morgan fingerprint density at radius 2 is 2.15 bits per heavy atom. The van der Waals surface area contributed by atoms with E-state index < -0.39 is 0 Å². The molecule has 2 heterocycles. The minimum atomic E-state index is 0.0185. The second-order valence-electron chi connectivity index (χ2n) is 6.51. The van der Waals surface area contributed by atoms with Gasteiger partial charge in [0.2, 0.25) is 0 Å². The van der Waals surface area contributed by atoms with Crippen molar-refractivity contribution in [3.05, 3.63) is 24.2 Å². The summed E-state index contributed by atoms with van der Waals surface area (Å²) in [4.78, 5) is 6.75. The van der Waals surface area contributed by atoms with Gasteiger partial charge in [0.1, 0.15) is 5.52 Å². The van der Waals surface area contributed by atoms with Crippen molar-refractivity contribution in [2.45, 2.75) is 45.1 Å². The van der Waals surface area contributed by atoms with E-state index >= 15 is 0 Å². The quantitative estimate of drug-likeness (QED) is 0.926. The van der Waals surface area contributed by atoms with Crippen molar-refractivity contribution in [2.24, 2.45) is 0 Å². The van der Waals surface area contributed by atoms with Crippen molar-refractivity contribution in [1.29, 1.82) is 0 Å². The molecule has 0 atom stereocenters. The van der Waals surface area contributed by atoms with Crippen LogP contribution < -0.4 is 4.90 Å². The van der Waals surface area contributed by atoms with Crippen molar-refractivity contribution in [2.75, 3.05) is 18.1 Å². The molecule has 2 aromatic heterocycles. The summed E-state index contributed by atoms with van der Waals surface area (Å²) in [6.07, 6.45) is 6.04. The van der Waals surface area contributed by atoms with E-state index in [1.165, 1.54) is 12.8 Å². The highest BCUT2D eigenvalue weighted by Crippen LogP contribution is 2.33. The van der Waals surface area contributed by atoms with E-state index in [0.29, 0.717) is 12.6 Å². The third kappa shape index (κ3) is 2.38. The van der Waals surface area contributed by atoms with Crippen LogP contribution in [0.1, 0.15) is 39.3 Å². The van der Waals surface area contributed by atoms with E-state index in [4.69, 9.17) is 0 Å². The first kappa shape index (κ1) is 13.4. The fourth-order valence-corrected chi connectivity index (χ4v) is 2.45. The highest BCUT2D eigenvalue weighted by molar-refractivity contribution is 5.70. The summed E-state index contributed by atoms with van der Waals surface area (Å²) in [6, 6.07) is 2.64. The van der Waals surface area contributed by atoms with Crippen molar-refractivity contribution in [1.82, 2.24) is 14.6 Å². The Balaban J connectivity index is 2.08. The molecule has 0 bridgehead atoms. The SMILES string of the molecule is CC(C)(C)c1cc2c(N(CCO)C3CC3)nccn2n1. The Bertz CT molecular complexity index is 610. The smallest absolute Gasteiger partial charge is 0.155 e. The van der Waals surface area contributed by atoms with Crippen molar-refractivity contribution < 1.29 is 5.11 Å². The van der Waals surface area contributed by atoms with Crippen LogP contribution in [-0.2, 0) is 5.41 Å². The molecular weight excluding hydrogens is 252 g/mol. The van der Waals surface area contributed by atoms with Gasteiger partial charge in [-0.3, -0.25) is 0 Å². The summed E-state index contributed by atoms with van der Waals surface area (Å²) in [5.74, 6) is 0.937. The third-order valence-electron chi connectivity index (χ3n) is 3.74. The predicted octanol–water partition coefficient (Wildman–Crippen LogP) is 1.99. The third-order valence-corrected chi connectivity index (χ3v) is 3.74. The maximum atomic E-state index is 9.29. The van der Waals surface area contributed by atoms with Crippen LogP contribution in [0, 0.1) is 0 Å². The number of fused-ring (bicyclic) bond motifs is 1. The Kier molecular flexibility index (Phi) is 3.17. The number of nitrogens with zero attached hydrogens (tertiary/aromatic N) is 4. The van der Waals surface area contributed by atoms with Crippen LogP contribution in [0.4, 0.5) is 5.82 Å². The topological polar surface area (TPSA) is 53.7 Å². The second-order valence-corrected chi connectivity index (χ2v) is 6.51. The minimum absolute atomic E-state index is 0.0185. The predicted molar refractivity (Wildman–Crippen MR) is 79.1 cm³/mol. The van der Waals surface area contributed by atoms with Gasteiger partial charge in [-0.25, -0.2) is 9.50 Å². The lowest BCUT2D eigenvalue weighted by Crippen LogP contribution is -2.30. The molecule has 0 unspecified atom stereocenters. The molecule has 0 saturated heterocycles. The minimum Gasteiger partial charge on any atom is -0.395 e. The van der Waals surface area contributed by atoms with Crippen molar-refractivity contribution >= 4 is 11.3 Å². The van der Waals surface area contributed by atoms with Gasteiger partial charge in [-0.05, 0) is 18.9 Å². The summed E-state index contributed by atoms with van der Waals surface area (Å²) in [5, 5.41) is 13.9. The van der Waals surface area contributed by atoms with Gasteiger partial charge in [0.15, 0.2) is 5.82 Å². The molecule has 0 radical (unpaired) electrons. The van der Waals surface area contributed by atoms with E-state index in [-0.39, 0.29) is 12.0 Å². The molecule has 1 fully saturated rings. The summed E-state index contributed by atoms with van der Waals surface area (Å²) in [6.45, 7) is 7.27. The average molecular weight is 274 g/mol. The highest BCUT2D eigenvalue weighted by atomic mass is 16.3. The highest BCUT2D eigenvalue weighted by Gasteiger charge is 2.31. The van der Waals surface area contributed by atoms with Gasteiger partial charge in [-0.1, -0.05) is 20.8 Å². The molecule has 108 valence electrons. The second kappa shape index (κ2) is 4.74. The summed E-state index contributed by atoms with van der Waals surface area (Å²) >= 11 is 0. The average Bonchev–Trinajstić information content (AvgIpc) is 3.11. The maximum Gasteiger partial charge on any atom is 0.155 e. The van der Waals surface area contributed by atoms with Crippen LogP contribution in [-0.4, -0.2) is 38.9 Å². The largest absolute Gasteiger partial charge is 0.395 e. The van der Waals surface area contributed by atoms with Crippen LogP contribution in [0.15, 0.2) is 18.5 Å². The van der Waals surface area contributed by atoms with E-state index in [9.17, 15) is 5.11 Å². The lowest BCUT2D eigenvalue weighted by atomic mass is 9.92.